The third-order valence-corrected chi connectivity index (χ3v) is 9.59. The van der Waals surface area contributed by atoms with Gasteiger partial charge in [0.05, 0.1) is 41.6 Å². The second-order valence-electron chi connectivity index (χ2n) is 11.7. The number of nitrogens with one attached hydrogen (secondary N) is 2. The Kier molecular flexibility index (Phi) is 10.2. The Morgan fingerprint density at radius 1 is 1.04 bits per heavy atom. The molecule has 2 heterocycles. The zero-order valence-corrected chi connectivity index (χ0v) is 26.3. The molecule has 1 saturated heterocycles. The summed E-state index contributed by atoms with van der Waals surface area (Å²) in [5.74, 6) is 6.04. The number of alkyl halides is 3. The van der Waals surface area contributed by atoms with Crippen LogP contribution in [0.15, 0.2) is 47.4 Å². The number of likely N-dealkylation sites (tertiary alicyclic amines) is 1. The predicted octanol–water partition coefficient (Wildman–Crippen LogP) is 5.16. The number of nitrogens with two attached hydrogens (primary N) is 1. The monoisotopic (exact) mass is 647 g/mol. The zero-order chi connectivity index (χ0) is 32.2. The molecule has 1 aliphatic carbocycles. The van der Waals surface area contributed by atoms with Gasteiger partial charge in [-0.1, -0.05) is 12.0 Å². The van der Waals surface area contributed by atoms with Crippen molar-refractivity contribution in [3.63, 3.8) is 0 Å². The van der Waals surface area contributed by atoms with Crippen LogP contribution in [0.1, 0.15) is 44.2 Å². The zero-order valence-electron chi connectivity index (χ0n) is 25.5. The summed E-state index contributed by atoms with van der Waals surface area (Å²) >= 11 is 0. The molecule has 0 spiro atoms. The van der Waals surface area contributed by atoms with Crippen LogP contribution in [-0.4, -0.2) is 76.1 Å². The van der Waals surface area contributed by atoms with Gasteiger partial charge in [-0.15, -0.1) is 0 Å². The number of benzene rings is 2. The number of rotatable bonds is 9. The number of methoxy groups -OCH3 is 2. The number of ether oxygens (including phenoxy) is 2. The Bertz CT molecular complexity index is 1660. The molecule has 1 saturated carbocycles. The smallest absolute Gasteiger partial charge is 0.406 e. The first-order chi connectivity index (χ1) is 21.4. The van der Waals surface area contributed by atoms with Crippen molar-refractivity contribution >= 4 is 32.3 Å². The van der Waals surface area contributed by atoms with Crippen LogP contribution >= 0.6 is 0 Å². The standard InChI is InChI=1S/C32H40F3N5O4S/c1-43-25-7-5-17-39(20-25)23-12-10-22(11-13-23)38-28-8-3-9-30-27(28)18-24(40(30)21-32(33,34)35)6-4-16-37-29-15-14-26(45(36,41)42)19-31(29)44-2/h3,8-9,14-15,18-19,22-23,25,37-38H,5,7,10-13,16-17,20-21H2,1-2H3,(H2,36,41,42). The van der Waals surface area contributed by atoms with Gasteiger partial charge in [0.25, 0.3) is 0 Å². The molecule has 2 aliphatic rings. The molecule has 5 rings (SSSR count). The van der Waals surface area contributed by atoms with Crippen molar-refractivity contribution in [2.24, 2.45) is 5.14 Å². The van der Waals surface area contributed by atoms with E-state index < -0.39 is 22.7 Å². The molecule has 2 aromatic carbocycles. The van der Waals surface area contributed by atoms with E-state index in [0.29, 0.717) is 28.7 Å². The lowest BCUT2D eigenvalue weighted by atomic mass is 9.88. The van der Waals surface area contributed by atoms with Crippen molar-refractivity contribution in [3.8, 4) is 17.6 Å². The van der Waals surface area contributed by atoms with E-state index in [1.807, 2.05) is 6.07 Å². The number of fused-ring (bicyclic) bond motifs is 1. The van der Waals surface area contributed by atoms with E-state index in [1.165, 1.54) is 29.9 Å². The van der Waals surface area contributed by atoms with E-state index >= 15 is 0 Å². The number of aromatic nitrogens is 1. The summed E-state index contributed by atoms with van der Waals surface area (Å²) in [6.07, 6.45) is 2.23. The van der Waals surface area contributed by atoms with Gasteiger partial charge in [0.15, 0.2) is 0 Å². The topological polar surface area (TPSA) is 111 Å². The fourth-order valence-electron chi connectivity index (χ4n) is 6.43. The number of primary sulfonamides is 1. The van der Waals surface area contributed by atoms with E-state index in [0.717, 1.165) is 57.3 Å². The van der Waals surface area contributed by atoms with Crippen LogP contribution in [0.3, 0.4) is 0 Å². The molecule has 0 bridgehead atoms. The number of sulfonamides is 1. The van der Waals surface area contributed by atoms with Crippen LogP contribution < -0.4 is 20.5 Å². The molecule has 1 aromatic heterocycles. The molecule has 0 amide bonds. The van der Waals surface area contributed by atoms with Crippen molar-refractivity contribution in [1.29, 1.82) is 0 Å². The Morgan fingerprint density at radius 3 is 2.51 bits per heavy atom. The predicted molar refractivity (Wildman–Crippen MR) is 169 cm³/mol. The molecule has 3 aromatic rings. The first kappa shape index (κ1) is 32.9. The van der Waals surface area contributed by atoms with Crippen molar-refractivity contribution in [2.45, 2.75) is 74.3 Å². The minimum atomic E-state index is -4.43. The fraction of sp³-hybridized carbons (Fsp3) is 0.500. The number of hydrogen-bond donors (Lipinski definition) is 3. The molecule has 13 heteroatoms. The number of halogens is 3. The minimum Gasteiger partial charge on any atom is -0.495 e. The van der Waals surface area contributed by atoms with Crippen molar-refractivity contribution in [1.82, 2.24) is 9.47 Å². The van der Waals surface area contributed by atoms with E-state index in [2.05, 4.69) is 27.4 Å². The van der Waals surface area contributed by atoms with Gasteiger partial charge in [-0.2, -0.15) is 13.2 Å². The lowest BCUT2D eigenvalue weighted by Gasteiger charge is -2.41. The van der Waals surface area contributed by atoms with Gasteiger partial charge in [0.2, 0.25) is 10.0 Å². The maximum Gasteiger partial charge on any atom is 0.406 e. The van der Waals surface area contributed by atoms with Gasteiger partial charge >= 0.3 is 6.18 Å². The molecule has 45 heavy (non-hydrogen) atoms. The second kappa shape index (κ2) is 13.9. The summed E-state index contributed by atoms with van der Waals surface area (Å²) in [7, 11) is -0.743. The summed E-state index contributed by atoms with van der Waals surface area (Å²) in [5.41, 5.74) is 1.98. The summed E-state index contributed by atoms with van der Waals surface area (Å²) in [6, 6.07) is 12.0. The van der Waals surface area contributed by atoms with Crippen molar-refractivity contribution < 1.29 is 31.1 Å². The molecule has 4 N–H and O–H groups in total. The molecule has 1 unspecified atom stereocenters. The Hall–Kier alpha value is -3.44. The molecule has 0 radical (unpaired) electrons. The Labute approximate surface area is 262 Å². The Morgan fingerprint density at radius 2 is 1.82 bits per heavy atom. The lowest BCUT2D eigenvalue weighted by Crippen LogP contribution is -2.47. The number of nitrogens with zero attached hydrogens (tertiary/aromatic N) is 2. The highest BCUT2D eigenvalue weighted by Gasteiger charge is 2.31. The van der Waals surface area contributed by atoms with Gasteiger partial charge in [0.1, 0.15) is 12.3 Å². The number of hydrogen-bond acceptors (Lipinski definition) is 7. The van der Waals surface area contributed by atoms with E-state index in [1.54, 1.807) is 25.3 Å². The normalized spacial score (nSPS) is 21.2. The molecular formula is C32H40F3N5O4S. The highest BCUT2D eigenvalue weighted by Crippen LogP contribution is 2.33. The molecule has 1 aliphatic heterocycles. The Balaban J connectivity index is 1.31. The van der Waals surface area contributed by atoms with Crippen LogP contribution in [-0.2, 0) is 21.3 Å². The average Bonchev–Trinajstić information content (AvgIpc) is 3.35. The van der Waals surface area contributed by atoms with E-state index in [-0.39, 0.29) is 28.9 Å². The van der Waals surface area contributed by atoms with Gasteiger partial charge < -0.3 is 24.7 Å². The van der Waals surface area contributed by atoms with Crippen molar-refractivity contribution in [3.05, 3.63) is 48.2 Å². The van der Waals surface area contributed by atoms with Gasteiger partial charge in [-0.05, 0) is 81.3 Å². The highest BCUT2D eigenvalue weighted by atomic mass is 32.2. The minimum absolute atomic E-state index is 0.0785. The van der Waals surface area contributed by atoms with Crippen LogP contribution in [0.25, 0.3) is 10.9 Å². The highest BCUT2D eigenvalue weighted by molar-refractivity contribution is 7.89. The van der Waals surface area contributed by atoms with Crippen LogP contribution in [0.5, 0.6) is 5.75 Å². The second-order valence-corrected chi connectivity index (χ2v) is 13.2. The van der Waals surface area contributed by atoms with Crippen molar-refractivity contribution in [2.75, 3.05) is 44.5 Å². The molecule has 2 fully saturated rings. The third-order valence-electron chi connectivity index (χ3n) is 8.68. The SMILES string of the molecule is COc1cc(S(N)(=O)=O)ccc1NCC#Cc1cc2c(NC3CCC(N4CCCC(OC)C4)CC3)cccc2n1CC(F)(F)F. The first-order valence-corrected chi connectivity index (χ1v) is 16.7. The number of piperidine rings is 1. The van der Waals surface area contributed by atoms with Crippen LogP contribution in [0, 0.1) is 11.8 Å². The maximum absolute atomic E-state index is 13.7. The average molecular weight is 648 g/mol. The van der Waals surface area contributed by atoms with E-state index in [9.17, 15) is 21.6 Å². The summed E-state index contributed by atoms with van der Waals surface area (Å²) < 4.78 is 76.4. The molecular weight excluding hydrogens is 607 g/mol. The first-order valence-electron chi connectivity index (χ1n) is 15.1. The van der Waals surface area contributed by atoms with Crippen LogP contribution in [0.2, 0.25) is 0 Å². The van der Waals surface area contributed by atoms with E-state index in [4.69, 9.17) is 14.6 Å². The molecule has 1 atom stereocenters. The van der Waals surface area contributed by atoms with Gasteiger partial charge in [-0.25, -0.2) is 13.6 Å². The molecule has 9 nitrogen and oxygen atoms in total. The van der Waals surface area contributed by atoms with Gasteiger partial charge in [0, 0.05) is 42.9 Å². The lowest BCUT2D eigenvalue weighted by molar-refractivity contribution is -0.140. The summed E-state index contributed by atoms with van der Waals surface area (Å²) in [6.45, 7) is 0.994. The third kappa shape index (κ3) is 8.24. The summed E-state index contributed by atoms with van der Waals surface area (Å²) in [5, 5.41) is 12.5. The maximum atomic E-state index is 13.7. The number of anilines is 2. The largest absolute Gasteiger partial charge is 0.495 e. The summed E-state index contributed by atoms with van der Waals surface area (Å²) in [4.78, 5) is 2.45. The quantitative estimate of drug-likeness (QED) is 0.276. The van der Waals surface area contributed by atoms with Crippen LogP contribution in [0.4, 0.5) is 24.5 Å². The van der Waals surface area contributed by atoms with Gasteiger partial charge in [-0.3, -0.25) is 4.90 Å². The fourth-order valence-corrected chi connectivity index (χ4v) is 6.96. The molecule has 244 valence electrons.